The SMILES string of the molecule is CCCCCCCCCCCCCCCCC/C=C\C/C=C\CCCCCCCCCCCCCCCCCCC(O)C(=O)NC(COC1OC(CO)C(O)C(O)C1O)C(O)C(O)CCCCCCCCCCCCCCCCC. The van der Waals surface area contributed by atoms with Crippen LogP contribution in [0.2, 0.25) is 0 Å². The van der Waals surface area contributed by atoms with Gasteiger partial charge >= 0.3 is 0 Å². The summed E-state index contributed by atoms with van der Waals surface area (Å²) in [5.74, 6) is -0.692. The summed E-state index contributed by atoms with van der Waals surface area (Å²) >= 11 is 0. The van der Waals surface area contributed by atoms with Crippen molar-refractivity contribution in [3.63, 3.8) is 0 Å². The number of unbranched alkanes of at least 4 members (excludes halogenated alkanes) is 45. The second kappa shape index (κ2) is 58.0. The van der Waals surface area contributed by atoms with Gasteiger partial charge in [0.05, 0.1) is 25.4 Å². The second-order valence-corrected chi connectivity index (χ2v) is 24.6. The predicted molar refractivity (Wildman–Crippen MR) is 335 cm³/mol. The molecule has 0 saturated carbocycles. The maximum Gasteiger partial charge on any atom is 0.249 e. The van der Waals surface area contributed by atoms with E-state index in [1.54, 1.807) is 0 Å². The van der Waals surface area contributed by atoms with Crippen LogP contribution in [0, 0.1) is 0 Å². The summed E-state index contributed by atoms with van der Waals surface area (Å²) in [5.41, 5.74) is 0. The Morgan fingerprint density at radius 2 is 0.762 bits per heavy atom. The molecule has 0 aromatic carbocycles. The van der Waals surface area contributed by atoms with Crippen LogP contribution in [0.15, 0.2) is 24.3 Å². The molecule has 1 amide bonds. The summed E-state index contributed by atoms with van der Waals surface area (Å²) in [6.45, 7) is 3.50. The van der Waals surface area contributed by atoms with Gasteiger partial charge in [0, 0.05) is 0 Å². The van der Waals surface area contributed by atoms with E-state index in [1.165, 1.54) is 257 Å². The Hall–Kier alpha value is -1.41. The molecule has 0 bridgehead atoms. The van der Waals surface area contributed by atoms with Crippen LogP contribution in [0.25, 0.3) is 0 Å². The lowest BCUT2D eigenvalue weighted by Gasteiger charge is -2.40. The zero-order chi connectivity index (χ0) is 58.2. The number of rotatable bonds is 61. The van der Waals surface area contributed by atoms with Gasteiger partial charge in [-0.2, -0.15) is 0 Å². The van der Waals surface area contributed by atoms with Crippen LogP contribution in [-0.4, -0.2) is 110 Å². The smallest absolute Gasteiger partial charge is 0.249 e. The van der Waals surface area contributed by atoms with E-state index in [2.05, 4.69) is 43.5 Å². The van der Waals surface area contributed by atoms with Crippen molar-refractivity contribution >= 4 is 5.91 Å². The van der Waals surface area contributed by atoms with Crippen molar-refractivity contribution < 1.29 is 50.0 Å². The molecule has 8 N–H and O–H groups in total. The van der Waals surface area contributed by atoms with Crippen LogP contribution in [0.5, 0.6) is 0 Å². The van der Waals surface area contributed by atoms with E-state index in [0.717, 1.165) is 44.9 Å². The van der Waals surface area contributed by atoms with E-state index >= 15 is 0 Å². The Bertz CT molecular complexity index is 1350. The number of nitrogens with one attached hydrogen (secondary N) is 1. The molecule has 80 heavy (non-hydrogen) atoms. The first-order chi connectivity index (χ1) is 39.2. The van der Waals surface area contributed by atoms with E-state index in [1.807, 2.05) is 0 Å². The fourth-order valence-electron chi connectivity index (χ4n) is 11.4. The maximum absolute atomic E-state index is 13.2. The molecule has 0 aliphatic carbocycles. The number of aliphatic hydroxyl groups excluding tert-OH is 7. The highest BCUT2D eigenvalue weighted by atomic mass is 16.7. The number of allylic oxidation sites excluding steroid dienone is 4. The second-order valence-electron chi connectivity index (χ2n) is 24.6. The Balaban J connectivity index is 2.12. The van der Waals surface area contributed by atoms with Gasteiger partial charge in [-0.1, -0.05) is 321 Å². The monoisotopic (exact) mass is 1140 g/mol. The van der Waals surface area contributed by atoms with Crippen LogP contribution in [0.3, 0.4) is 0 Å². The van der Waals surface area contributed by atoms with Crippen molar-refractivity contribution in [2.45, 2.75) is 396 Å². The van der Waals surface area contributed by atoms with Gasteiger partial charge in [0.1, 0.15) is 36.6 Å². The molecule has 474 valence electrons. The highest BCUT2D eigenvalue weighted by Crippen LogP contribution is 2.24. The molecule has 0 aromatic heterocycles. The first-order valence-electron chi connectivity index (χ1n) is 34.7. The van der Waals surface area contributed by atoms with E-state index in [0.29, 0.717) is 19.3 Å². The van der Waals surface area contributed by atoms with Crippen molar-refractivity contribution in [1.82, 2.24) is 5.32 Å². The lowest BCUT2D eigenvalue weighted by molar-refractivity contribution is -0.303. The van der Waals surface area contributed by atoms with Crippen molar-refractivity contribution in [1.29, 1.82) is 0 Å². The van der Waals surface area contributed by atoms with Gasteiger partial charge in [0.15, 0.2) is 6.29 Å². The molecule has 1 aliphatic rings. The number of hydrogen-bond acceptors (Lipinski definition) is 10. The Labute approximate surface area is 493 Å². The maximum atomic E-state index is 13.2. The molecule has 1 fully saturated rings. The summed E-state index contributed by atoms with van der Waals surface area (Å²) in [5, 5.41) is 76.3. The summed E-state index contributed by atoms with van der Waals surface area (Å²) < 4.78 is 11.2. The normalized spacial score (nSPS) is 19.3. The minimum Gasteiger partial charge on any atom is -0.394 e. The van der Waals surface area contributed by atoms with Crippen LogP contribution < -0.4 is 5.32 Å². The molecule has 0 radical (unpaired) electrons. The van der Waals surface area contributed by atoms with Gasteiger partial charge in [0.25, 0.3) is 0 Å². The topological polar surface area (TPSA) is 189 Å². The van der Waals surface area contributed by atoms with Gasteiger partial charge in [0.2, 0.25) is 5.91 Å². The van der Waals surface area contributed by atoms with Crippen LogP contribution >= 0.6 is 0 Å². The summed E-state index contributed by atoms with van der Waals surface area (Å²) in [7, 11) is 0. The molecule has 9 atom stereocenters. The van der Waals surface area contributed by atoms with Gasteiger partial charge in [-0.3, -0.25) is 4.79 Å². The summed E-state index contributed by atoms with van der Waals surface area (Å²) in [6.07, 6.45) is 61.3. The molecule has 1 aliphatic heterocycles. The highest BCUT2D eigenvalue weighted by molar-refractivity contribution is 5.80. The summed E-state index contributed by atoms with van der Waals surface area (Å²) in [6, 6.07) is -1.17. The number of amides is 1. The minimum absolute atomic E-state index is 0.263. The fraction of sp³-hybridized carbons (Fsp3) is 0.928. The third-order valence-corrected chi connectivity index (χ3v) is 17.0. The number of ether oxygens (including phenoxy) is 2. The zero-order valence-corrected chi connectivity index (χ0v) is 52.3. The molecule has 1 heterocycles. The molecule has 1 rings (SSSR count). The van der Waals surface area contributed by atoms with E-state index in [4.69, 9.17) is 9.47 Å². The average molecular weight is 1140 g/mol. The molecular formula is C69H133NO10. The fourth-order valence-corrected chi connectivity index (χ4v) is 11.4. The first-order valence-corrected chi connectivity index (χ1v) is 34.7. The van der Waals surface area contributed by atoms with Crippen LogP contribution in [0.4, 0.5) is 0 Å². The summed E-state index contributed by atoms with van der Waals surface area (Å²) in [4.78, 5) is 13.2. The highest BCUT2D eigenvalue weighted by Gasteiger charge is 2.44. The molecule has 0 aromatic rings. The number of aliphatic hydroxyl groups is 7. The van der Waals surface area contributed by atoms with Crippen LogP contribution in [0.1, 0.15) is 341 Å². The average Bonchev–Trinajstić information content (AvgIpc) is 3.47. The van der Waals surface area contributed by atoms with Gasteiger partial charge in [-0.05, 0) is 44.9 Å². The first kappa shape index (κ1) is 76.6. The third-order valence-electron chi connectivity index (χ3n) is 17.0. The Morgan fingerprint density at radius 1 is 0.438 bits per heavy atom. The molecule has 1 saturated heterocycles. The van der Waals surface area contributed by atoms with Gasteiger partial charge in [-0.15, -0.1) is 0 Å². The molecule has 9 unspecified atom stereocenters. The minimum atomic E-state index is -1.66. The van der Waals surface area contributed by atoms with Crippen LogP contribution in [-0.2, 0) is 14.3 Å². The number of carbonyl (C=O) groups is 1. The van der Waals surface area contributed by atoms with E-state index in [-0.39, 0.29) is 6.42 Å². The molecule has 0 spiro atoms. The van der Waals surface area contributed by atoms with Crippen molar-refractivity contribution in [3.05, 3.63) is 24.3 Å². The van der Waals surface area contributed by atoms with E-state index in [9.17, 15) is 40.5 Å². The Kier molecular flexibility index (Phi) is 55.5. The lowest BCUT2D eigenvalue weighted by atomic mass is 9.98. The van der Waals surface area contributed by atoms with Crippen molar-refractivity contribution in [2.75, 3.05) is 13.2 Å². The Morgan fingerprint density at radius 3 is 1.11 bits per heavy atom. The third kappa shape index (κ3) is 45.0. The predicted octanol–water partition coefficient (Wildman–Crippen LogP) is 16.4. The lowest BCUT2D eigenvalue weighted by Crippen LogP contribution is -2.60. The number of hydrogen-bond donors (Lipinski definition) is 8. The van der Waals surface area contributed by atoms with E-state index < -0.39 is 74.2 Å². The molecular weight excluding hydrogens is 1000 g/mol. The standard InChI is InChI=1S/C69H133NO10/c1-3-5-7-9-11-13-15-17-19-20-21-22-23-24-25-26-27-28-29-30-31-32-33-34-35-36-37-38-39-40-41-43-45-47-49-51-53-55-57-62(73)68(78)70-60(59-79-69-67(77)66(76)65(75)63(58-71)80-69)64(74)61(72)56-54-52-50-48-46-44-42-18-16-14-12-10-8-6-4-2/h27-28,30-31,60-67,69,71-77H,3-26,29,32-59H2,1-2H3,(H,70,78)/b28-27-,31-30-. The van der Waals surface area contributed by atoms with Crippen molar-refractivity contribution in [3.8, 4) is 0 Å². The van der Waals surface area contributed by atoms with Gasteiger partial charge < -0.3 is 50.5 Å². The van der Waals surface area contributed by atoms with Crippen molar-refractivity contribution in [2.24, 2.45) is 0 Å². The van der Waals surface area contributed by atoms with Gasteiger partial charge in [-0.25, -0.2) is 0 Å². The largest absolute Gasteiger partial charge is 0.394 e. The number of carbonyl (C=O) groups excluding carboxylic acids is 1. The molecule has 11 nitrogen and oxygen atoms in total. The molecule has 11 heteroatoms. The quantitative estimate of drug-likeness (QED) is 0.0215. The zero-order valence-electron chi connectivity index (χ0n) is 52.3.